The zero-order valence-electron chi connectivity index (χ0n) is 15.4. The summed E-state index contributed by atoms with van der Waals surface area (Å²) < 4.78 is 5.25. The highest BCUT2D eigenvalue weighted by Crippen LogP contribution is 2.32. The highest BCUT2D eigenvalue weighted by atomic mass is 16.5. The van der Waals surface area contributed by atoms with Gasteiger partial charge in [-0.3, -0.25) is 9.59 Å². The van der Waals surface area contributed by atoms with Crippen molar-refractivity contribution in [2.24, 2.45) is 5.92 Å². The van der Waals surface area contributed by atoms with Gasteiger partial charge in [0, 0.05) is 36.6 Å². The number of piperidine rings is 1. The van der Waals surface area contributed by atoms with E-state index in [1.54, 1.807) is 6.20 Å². The van der Waals surface area contributed by atoms with E-state index in [1.807, 2.05) is 36.6 Å². The number of hydrogen-bond acceptors (Lipinski definition) is 4. The molecule has 3 aliphatic heterocycles. The number of hydrogen-bond donors (Lipinski definition) is 1. The third-order valence-electron chi connectivity index (χ3n) is 5.77. The van der Waals surface area contributed by atoms with E-state index in [1.165, 1.54) is 0 Å². The van der Waals surface area contributed by atoms with Crippen LogP contribution >= 0.6 is 0 Å². The van der Waals surface area contributed by atoms with Gasteiger partial charge in [-0.15, -0.1) is 0 Å². The van der Waals surface area contributed by atoms with Crippen LogP contribution in [0.1, 0.15) is 45.9 Å². The summed E-state index contributed by atoms with van der Waals surface area (Å²) in [5.41, 5.74) is 3.36. The maximum Gasteiger partial charge on any atom is 0.255 e. The summed E-state index contributed by atoms with van der Waals surface area (Å²) in [5.74, 6) is 0.777. The topological polar surface area (TPSA) is 82.4 Å². The second kappa shape index (κ2) is 6.30. The monoisotopic (exact) mass is 356 g/mol. The summed E-state index contributed by atoms with van der Waals surface area (Å²) in [4.78, 5) is 32.8. The largest absolute Gasteiger partial charge is 0.365 e. The van der Waals surface area contributed by atoms with E-state index in [4.69, 9.17) is 4.52 Å². The minimum atomic E-state index is -0.127. The third kappa shape index (κ3) is 2.71. The minimum Gasteiger partial charge on any atom is -0.365 e. The van der Waals surface area contributed by atoms with Crippen LogP contribution in [0.2, 0.25) is 0 Å². The molecule has 1 N–H and O–H groups in total. The molecule has 0 aromatic carbocycles. The first kappa shape index (κ1) is 16.9. The van der Waals surface area contributed by atoms with Crippen LogP contribution in [-0.2, 0) is 11.3 Å². The molecule has 2 atom stereocenters. The number of nitrogens with zero attached hydrogens (tertiary/aromatic N) is 3. The van der Waals surface area contributed by atoms with Gasteiger partial charge >= 0.3 is 0 Å². The molecule has 138 valence electrons. The Bertz CT molecular complexity index is 833. The Morgan fingerprint density at radius 3 is 2.77 bits per heavy atom. The molecule has 2 aromatic heterocycles. The number of aromatic nitrogens is 2. The summed E-state index contributed by atoms with van der Waals surface area (Å²) in [7, 11) is 0. The Hall–Kier alpha value is -2.57. The predicted octanol–water partition coefficient (Wildman–Crippen LogP) is 2.19. The van der Waals surface area contributed by atoms with Gasteiger partial charge in [0.1, 0.15) is 5.76 Å². The lowest BCUT2D eigenvalue weighted by Crippen LogP contribution is -2.47. The molecule has 2 aromatic rings. The second-order valence-electron chi connectivity index (χ2n) is 7.42. The van der Waals surface area contributed by atoms with Crippen molar-refractivity contribution in [1.82, 2.24) is 19.9 Å². The number of carbonyl (C=O) groups is 2. The number of nitrogens with one attached hydrogen (secondary N) is 1. The summed E-state index contributed by atoms with van der Waals surface area (Å²) >= 11 is 0. The highest BCUT2D eigenvalue weighted by Gasteiger charge is 2.42. The highest BCUT2D eigenvalue weighted by molar-refractivity contribution is 5.96. The van der Waals surface area contributed by atoms with Gasteiger partial charge in [-0.1, -0.05) is 5.16 Å². The van der Waals surface area contributed by atoms with E-state index in [9.17, 15) is 9.59 Å². The molecule has 0 aliphatic carbocycles. The van der Waals surface area contributed by atoms with Gasteiger partial charge in [0.05, 0.1) is 23.7 Å². The van der Waals surface area contributed by atoms with Crippen molar-refractivity contribution in [3.05, 3.63) is 40.5 Å². The molecule has 0 unspecified atom stereocenters. The summed E-state index contributed by atoms with van der Waals surface area (Å²) in [6, 6.07) is 1.85. The predicted molar refractivity (Wildman–Crippen MR) is 94.5 cm³/mol. The fraction of sp³-hybridized carbons (Fsp3) is 0.526. The van der Waals surface area contributed by atoms with Gasteiger partial charge < -0.3 is 19.3 Å². The van der Waals surface area contributed by atoms with Crippen LogP contribution in [0.15, 0.2) is 16.8 Å². The molecular weight excluding hydrogens is 332 g/mol. The lowest BCUT2D eigenvalue weighted by Gasteiger charge is -2.35. The average molecular weight is 356 g/mol. The maximum atomic E-state index is 13.0. The lowest BCUT2D eigenvalue weighted by atomic mass is 9.93. The quantitative estimate of drug-likeness (QED) is 0.914. The first-order valence-corrected chi connectivity index (χ1v) is 9.11. The van der Waals surface area contributed by atoms with E-state index in [0.29, 0.717) is 25.2 Å². The fourth-order valence-electron chi connectivity index (χ4n) is 4.17. The Balaban J connectivity index is 1.58. The average Bonchev–Trinajstić information content (AvgIpc) is 3.05. The standard InChI is InChI=1S/C19H24N4O3/c1-11-16(6-7-20-11)19(25)22-8-14-4-5-15(9-22)23(18(14)24)10-17-12(2)21-26-13(17)3/h6-7,14-15,20H,4-5,8-10H2,1-3H3/t14-,15+/m1/s1. The molecule has 3 saturated heterocycles. The van der Waals surface area contributed by atoms with Crippen LogP contribution in [-0.4, -0.2) is 50.9 Å². The lowest BCUT2D eigenvalue weighted by molar-refractivity contribution is -0.140. The molecule has 5 heterocycles. The molecule has 5 rings (SSSR count). The number of rotatable bonds is 3. The number of carbonyl (C=O) groups excluding carboxylic acids is 2. The first-order chi connectivity index (χ1) is 12.5. The Morgan fingerprint density at radius 1 is 1.31 bits per heavy atom. The Morgan fingerprint density at radius 2 is 2.12 bits per heavy atom. The second-order valence-corrected chi connectivity index (χ2v) is 7.42. The number of aromatic amines is 1. The zero-order chi connectivity index (χ0) is 18.4. The number of aryl methyl sites for hydroxylation is 3. The van der Waals surface area contributed by atoms with Crippen LogP contribution in [0.5, 0.6) is 0 Å². The van der Waals surface area contributed by atoms with Crippen molar-refractivity contribution < 1.29 is 14.1 Å². The van der Waals surface area contributed by atoms with E-state index < -0.39 is 0 Å². The van der Waals surface area contributed by atoms with E-state index in [2.05, 4.69) is 10.1 Å². The van der Waals surface area contributed by atoms with Crippen molar-refractivity contribution in [3.63, 3.8) is 0 Å². The third-order valence-corrected chi connectivity index (χ3v) is 5.77. The first-order valence-electron chi connectivity index (χ1n) is 9.11. The van der Waals surface area contributed by atoms with Crippen molar-refractivity contribution in [2.45, 2.75) is 46.2 Å². The van der Waals surface area contributed by atoms with Crippen molar-refractivity contribution in [1.29, 1.82) is 0 Å². The number of amides is 2. The molecular formula is C19H24N4O3. The fourth-order valence-corrected chi connectivity index (χ4v) is 4.17. The molecule has 0 saturated carbocycles. The van der Waals surface area contributed by atoms with E-state index in [-0.39, 0.29) is 23.8 Å². The minimum absolute atomic E-state index is 0.00707. The summed E-state index contributed by atoms with van der Waals surface area (Å²) in [5, 5.41) is 4.00. The zero-order valence-corrected chi connectivity index (χ0v) is 15.4. The molecule has 7 nitrogen and oxygen atoms in total. The molecule has 2 bridgehead atoms. The molecule has 3 fully saturated rings. The number of H-pyrrole nitrogens is 1. The molecule has 3 aliphatic rings. The van der Waals surface area contributed by atoms with E-state index >= 15 is 0 Å². The molecule has 7 heteroatoms. The van der Waals surface area contributed by atoms with Crippen LogP contribution in [0.25, 0.3) is 0 Å². The maximum absolute atomic E-state index is 13.0. The SMILES string of the molecule is Cc1noc(C)c1CN1C(=O)[C@@H]2CC[C@H]1CN(C(=O)c1cc[nH]c1C)C2. The van der Waals surface area contributed by atoms with Crippen molar-refractivity contribution in [2.75, 3.05) is 13.1 Å². The molecule has 26 heavy (non-hydrogen) atoms. The van der Waals surface area contributed by atoms with Crippen LogP contribution in [0.3, 0.4) is 0 Å². The molecule has 0 spiro atoms. The molecule has 0 radical (unpaired) electrons. The summed E-state index contributed by atoms with van der Waals surface area (Å²) in [6.07, 6.45) is 3.55. The van der Waals surface area contributed by atoms with Gasteiger partial charge in [0.25, 0.3) is 5.91 Å². The Labute approximate surface area is 152 Å². The normalized spacial score (nSPS) is 22.8. The van der Waals surface area contributed by atoms with Gasteiger partial charge in [-0.25, -0.2) is 0 Å². The van der Waals surface area contributed by atoms with Gasteiger partial charge in [0.15, 0.2) is 0 Å². The Kier molecular flexibility index (Phi) is 4.09. The van der Waals surface area contributed by atoms with Crippen LogP contribution in [0.4, 0.5) is 0 Å². The van der Waals surface area contributed by atoms with E-state index in [0.717, 1.165) is 35.6 Å². The van der Waals surface area contributed by atoms with Crippen LogP contribution < -0.4 is 0 Å². The smallest absolute Gasteiger partial charge is 0.255 e. The van der Waals surface area contributed by atoms with Gasteiger partial charge in [-0.2, -0.15) is 0 Å². The number of fused-ring (bicyclic) bond motifs is 4. The van der Waals surface area contributed by atoms with Gasteiger partial charge in [-0.05, 0) is 39.7 Å². The van der Waals surface area contributed by atoms with Gasteiger partial charge in [0.2, 0.25) is 5.91 Å². The molecule has 2 amide bonds. The van der Waals surface area contributed by atoms with Crippen LogP contribution in [0, 0.1) is 26.7 Å². The van der Waals surface area contributed by atoms with Crippen molar-refractivity contribution in [3.8, 4) is 0 Å². The van der Waals surface area contributed by atoms with Crippen molar-refractivity contribution >= 4 is 11.8 Å². The summed E-state index contributed by atoms with van der Waals surface area (Å²) in [6.45, 7) is 7.25.